The number of ether oxygens (including phenoxy) is 2. The predicted molar refractivity (Wildman–Crippen MR) is 118 cm³/mol. The van der Waals surface area contributed by atoms with Crippen molar-refractivity contribution in [2.45, 2.75) is 57.7 Å². The molecule has 1 aliphatic carbocycles. The Kier molecular flexibility index (Phi) is 8.77. The Morgan fingerprint density at radius 3 is 2.62 bits per heavy atom. The van der Waals surface area contributed by atoms with E-state index in [0.29, 0.717) is 13.2 Å². The van der Waals surface area contributed by atoms with Crippen LogP contribution in [0.3, 0.4) is 0 Å². The fourth-order valence-corrected chi connectivity index (χ4v) is 4.60. The van der Waals surface area contributed by atoms with Crippen molar-refractivity contribution >= 4 is 5.96 Å². The first kappa shape index (κ1) is 22.1. The molecule has 0 aromatic heterocycles. The third-order valence-corrected chi connectivity index (χ3v) is 6.12. The number of hydrogen-bond acceptors (Lipinski definition) is 4. The van der Waals surface area contributed by atoms with Crippen LogP contribution in [-0.4, -0.2) is 62.9 Å². The number of nitrogens with one attached hydrogen (secondary N) is 2. The molecule has 0 bridgehead atoms. The second-order valence-electron chi connectivity index (χ2n) is 8.19. The Labute approximate surface area is 176 Å². The minimum Gasteiger partial charge on any atom is -0.380 e. The predicted octanol–water partition coefficient (Wildman–Crippen LogP) is 2.92. The van der Waals surface area contributed by atoms with Gasteiger partial charge in [0.1, 0.15) is 0 Å². The van der Waals surface area contributed by atoms with E-state index in [1.807, 2.05) is 0 Å². The number of rotatable bonds is 8. The van der Waals surface area contributed by atoms with E-state index in [1.165, 1.54) is 43.2 Å². The highest BCUT2D eigenvalue weighted by atomic mass is 16.5. The van der Waals surface area contributed by atoms with Crippen LogP contribution in [0.25, 0.3) is 0 Å². The molecule has 6 heteroatoms. The van der Waals surface area contributed by atoms with Crippen LogP contribution in [0.15, 0.2) is 29.3 Å². The monoisotopic (exact) mass is 402 g/mol. The van der Waals surface area contributed by atoms with Gasteiger partial charge in [0.2, 0.25) is 0 Å². The van der Waals surface area contributed by atoms with Gasteiger partial charge in [0.05, 0.1) is 26.4 Å². The zero-order valence-corrected chi connectivity index (χ0v) is 18.2. The normalized spacial score (nSPS) is 20.4. The summed E-state index contributed by atoms with van der Waals surface area (Å²) < 4.78 is 10.9. The molecule has 2 N–H and O–H groups in total. The summed E-state index contributed by atoms with van der Waals surface area (Å²) in [6, 6.07) is 8.47. The van der Waals surface area contributed by atoms with Crippen LogP contribution in [0.5, 0.6) is 0 Å². The lowest BCUT2D eigenvalue weighted by atomic mass is 9.80. The van der Waals surface area contributed by atoms with Gasteiger partial charge in [-0.05, 0) is 30.9 Å². The van der Waals surface area contributed by atoms with E-state index in [9.17, 15) is 0 Å². The van der Waals surface area contributed by atoms with Gasteiger partial charge in [-0.2, -0.15) is 0 Å². The fourth-order valence-electron chi connectivity index (χ4n) is 4.60. The van der Waals surface area contributed by atoms with Crippen molar-refractivity contribution in [3.8, 4) is 0 Å². The minimum absolute atomic E-state index is 0.233. The summed E-state index contributed by atoms with van der Waals surface area (Å²) in [5, 5.41) is 7.09. The minimum atomic E-state index is 0.233. The lowest BCUT2D eigenvalue weighted by Gasteiger charge is -2.48. The standard InChI is InChI=1S/C23H38N4O2/c1-3-24-22(25-17-20-8-7-9-21(16-20)18-28-2)26-19-23(10-5-4-6-11-23)27-12-14-29-15-13-27/h7-9,16H,3-6,10-15,17-19H2,1-2H3,(H2,24,25,26). The highest BCUT2D eigenvalue weighted by Gasteiger charge is 2.38. The highest BCUT2D eigenvalue weighted by molar-refractivity contribution is 5.79. The summed E-state index contributed by atoms with van der Waals surface area (Å²) in [5.41, 5.74) is 2.63. The molecule has 3 rings (SSSR count). The van der Waals surface area contributed by atoms with Crippen LogP contribution in [-0.2, 0) is 22.6 Å². The summed E-state index contributed by atoms with van der Waals surface area (Å²) in [4.78, 5) is 7.52. The van der Waals surface area contributed by atoms with E-state index in [0.717, 1.165) is 45.4 Å². The van der Waals surface area contributed by atoms with E-state index in [1.54, 1.807) is 7.11 Å². The van der Waals surface area contributed by atoms with E-state index in [2.05, 4.69) is 46.7 Å². The first-order valence-electron chi connectivity index (χ1n) is 11.2. The van der Waals surface area contributed by atoms with Gasteiger partial charge in [-0.3, -0.25) is 4.90 Å². The third kappa shape index (κ3) is 6.43. The van der Waals surface area contributed by atoms with Gasteiger partial charge < -0.3 is 20.1 Å². The maximum atomic E-state index is 5.61. The largest absolute Gasteiger partial charge is 0.380 e. The molecule has 1 aliphatic heterocycles. The molecule has 0 atom stereocenters. The van der Waals surface area contributed by atoms with Crippen LogP contribution in [0.4, 0.5) is 0 Å². The maximum Gasteiger partial charge on any atom is 0.191 e. The molecule has 0 radical (unpaired) electrons. The molecule has 162 valence electrons. The van der Waals surface area contributed by atoms with Crippen LogP contribution < -0.4 is 10.6 Å². The smallest absolute Gasteiger partial charge is 0.191 e. The molecule has 29 heavy (non-hydrogen) atoms. The van der Waals surface area contributed by atoms with Crippen molar-refractivity contribution < 1.29 is 9.47 Å². The molecule has 2 fully saturated rings. The topological polar surface area (TPSA) is 58.1 Å². The summed E-state index contributed by atoms with van der Waals surface area (Å²) in [7, 11) is 1.73. The lowest BCUT2D eigenvalue weighted by molar-refractivity contribution is -0.0352. The molecule has 1 heterocycles. The van der Waals surface area contributed by atoms with Gasteiger partial charge in [-0.15, -0.1) is 0 Å². The van der Waals surface area contributed by atoms with Crippen LogP contribution in [0.1, 0.15) is 50.2 Å². The van der Waals surface area contributed by atoms with Crippen LogP contribution >= 0.6 is 0 Å². The molecule has 1 saturated heterocycles. The van der Waals surface area contributed by atoms with Crippen molar-refractivity contribution in [2.24, 2.45) is 4.99 Å². The fraction of sp³-hybridized carbons (Fsp3) is 0.696. The average molecular weight is 403 g/mol. The number of guanidine groups is 1. The lowest BCUT2D eigenvalue weighted by Crippen LogP contribution is -2.60. The van der Waals surface area contributed by atoms with Crippen LogP contribution in [0, 0.1) is 0 Å². The summed E-state index contributed by atoms with van der Waals surface area (Å²) in [6.45, 7) is 9.03. The van der Waals surface area contributed by atoms with Crippen molar-refractivity contribution in [1.29, 1.82) is 0 Å². The van der Waals surface area contributed by atoms with Crippen molar-refractivity contribution in [1.82, 2.24) is 15.5 Å². The van der Waals surface area contributed by atoms with E-state index in [-0.39, 0.29) is 5.54 Å². The van der Waals surface area contributed by atoms with Crippen molar-refractivity contribution in [3.05, 3.63) is 35.4 Å². The van der Waals surface area contributed by atoms with Crippen LogP contribution in [0.2, 0.25) is 0 Å². The molecule has 0 amide bonds. The van der Waals surface area contributed by atoms with Gasteiger partial charge in [0.25, 0.3) is 0 Å². The van der Waals surface area contributed by atoms with Gasteiger partial charge in [-0.1, -0.05) is 43.5 Å². The molecular formula is C23H38N4O2. The Bertz CT molecular complexity index is 638. The number of morpholine rings is 1. The average Bonchev–Trinajstić information content (AvgIpc) is 2.77. The van der Waals surface area contributed by atoms with Crippen molar-refractivity contribution in [3.63, 3.8) is 0 Å². The third-order valence-electron chi connectivity index (χ3n) is 6.12. The molecule has 0 spiro atoms. The van der Waals surface area contributed by atoms with Gasteiger partial charge >= 0.3 is 0 Å². The van der Waals surface area contributed by atoms with Gasteiger partial charge in [0.15, 0.2) is 5.96 Å². The SMILES string of the molecule is CCNC(=NCc1cccc(COC)c1)NCC1(N2CCOCC2)CCCCC1. The van der Waals surface area contributed by atoms with Gasteiger partial charge in [0, 0.05) is 38.8 Å². The molecule has 6 nitrogen and oxygen atoms in total. The van der Waals surface area contributed by atoms with Crippen molar-refractivity contribution in [2.75, 3.05) is 46.5 Å². The number of methoxy groups -OCH3 is 1. The molecule has 1 saturated carbocycles. The summed E-state index contributed by atoms with van der Waals surface area (Å²) >= 11 is 0. The molecule has 2 aliphatic rings. The first-order valence-corrected chi connectivity index (χ1v) is 11.2. The van der Waals surface area contributed by atoms with E-state index in [4.69, 9.17) is 14.5 Å². The Hall–Kier alpha value is -1.63. The first-order chi connectivity index (χ1) is 14.3. The highest BCUT2D eigenvalue weighted by Crippen LogP contribution is 2.33. The Balaban J connectivity index is 1.65. The Morgan fingerprint density at radius 2 is 1.90 bits per heavy atom. The van der Waals surface area contributed by atoms with Gasteiger partial charge in [-0.25, -0.2) is 4.99 Å². The summed E-state index contributed by atoms with van der Waals surface area (Å²) in [5.74, 6) is 0.905. The molecule has 1 aromatic carbocycles. The quantitative estimate of drug-likeness (QED) is 0.517. The number of aliphatic imine (C=N–C) groups is 1. The Morgan fingerprint density at radius 1 is 1.14 bits per heavy atom. The van der Waals surface area contributed by atoms with E-state index < -0.39 is 0 Å². The number of benzene rings is 1. The number of nitrogens with zero attached hydrogens (tertiary/aromatic N) is 2. The molecular weight excluding hydrogens is 364 g/mol. The zero-order valence-electron chi connectivity index (χ0n) is 18.2. The molecule has 0 unspecified atom stereocenters. The zero-order chi connectivity index (χ0) is 20.4. The second-order valence-corrected chi connectivity index (χ2v) is 8.19. The second kappa shape index (κ2) is 11.5. The number of hydrogen-bond donors (Lipinski definition) is 2. The summed E-state index contributed by atoms with van der Waals surface area (Å²) in [6.07, 6.45) is 6.52. The molecule has 1 aromatic rings. The maximum absolute atomic E-state index is 5.61. The van der Waals surface area contributed by atoms with E-state index >= 15 is 0 Å².